The van der Waals surface area contributed by atoms with E-state index in [1.807, 2.05) is 0 Å². The third-order valence-corrected chi connectivity index (χ3v) is 4.30. The average molecular weight is 314 g/mol. The molecule has 0 aliphatic heterocycles. The van der Waals surface area contributed by atoms with Crippen LogP contribution in [0.25, 0.3) is 0 Å². The van der Waals surface area contributed by atoms with E-state index in [9.17, 15) is 0 Å². The Hall–Kier alpha value is -0.270. The molecule has 0 radical (unpaired) electrons. The molecule has 0 nitrogen and oxygen atoms in total. The first kappa shape index (κ1) is 13.2. The van der Waals surface area contributed by atoms with Gasteiger partial charge in [-0.25, -0.2) is 0 Å². The van der Waals surface area contributed by atoms with E-state index < -0.39 is 0 Å². The summed E-state index contributed by atoms with van der Waals surface area (Å²) >= 11 is 9.92. The first-order valence-electron chi connectivity index (χ1n) is 6.03. The van der Waals surface area contributed by atoms with Gasteiger partial charge in [-0.05, 0) is 36.3 Å². The molecule has 0 amide bonds. The minimum Gasteiger partial charge on any atom is -0.118 e. The van der Waals surface area contributed by atoms with Crippen molar-refractivity contribution in [1.29, 1.82) is 0 Å². The molecule has 92 valence electrons. The summed E-state index contributed by atoms with van der Waals surface area (Å²) in [5.41, 5.74) is 3.14. The highest BCUT2D eigenvalue weighted by atomic mass is 79.9. The monoisotopic (exact) mass is 312 g/mol. The Balaban J connectivity index is 2.17. The highest BCUT2D eigenvalue weighted by Gasteiger charge is 2.27. The Morgan fingerprint density at radius 1 is 1.35 bits per heavy atom. The van der Waals surface area contributed by atoms with Gasteiger partial charge in [0.05, 0.1) is 5.38 Å². The van der Waals surface area contributed by atoms with Crippen LogP contribution in [0.5, 0.6) is 0 Å². The summed E-state index contributed by atoms with van der Waals surface area (Å²) in [6.07, 6.45) is 5.48. The number of halogens is 2. The zero-order valence-corrected chi connectivity index (χ0v) is 12.7. The molecule has 1 aliphatic rings. The highest BCUT2D eigenvalue weighted by Crippen LogP contribution is 2.38. The maximum absolute atomic E-state index is 6.31. The van der Waals surface area contributed by atoms with Crippen LogP contribution in [0.1, 0.15) is 32.3 Å². The van der Waals surface area contributed by atoms with Gasteiger partial charge in [-0.3, -0.25) is 0 Å². The first-order chi connectivity index (χ1) is 7.96. The van der Waals surface area contributed by atoms with E-state index in [2.05, 4.69) is 60.1 Å². The summed E-state index contributed by atoms with van der Waals surface area (Å²) < 4.78 is 1.19. The summed E-state index contributed by atoms with van der Waals surface area (Å²) in [6.45, 7) is 4.60. The van der Waals surface area contributed by atoms with Crippen LogP contribution in [0, 0.1) is 5.41 Å². The summed E-state index contributed by atoms with van der Waals surface area (Å²) in [6, 6.07) is 8.42. The van der Waals surface area contributed by atoms with E-state index in [1.165, 1.54) is 15.6 Å². The predicted octanol–water partition coefficient (Wildman–Crippen LogP) is 5.35. The quantitative estimate of drug-likeness (QED) is 0.510. The number of alkyl halides is 1. The molecule has 0 bridgehead atoms. The van der Waals surface area contributed by atoms with Crippen molar-refractivity contribution in [3.8, 4) is 0 Å². The number of rotatable bonds is 2. The summed E-state index contributed by atoms with van der Waals surface area (Å²) in [5, 5.41) is 0.191. The molecule has 0 saturated heterocycles. The van der Waals surface area contributed by atoms with Crippen LogP contribution in [0.15, 0.2) is 40.4 Å². The standard InChI is InChI=1S/C15H18BrCl/c1-15(2)9-11(8-13(17)10-15)7-12-5-3-4-6-14(12)16/h3-6,8,13H,7,9-10H2,1-2H3. The van der Waals surface area contributed by atoms with Crippen LogP contribution < -0.4 is 0 Å². The van der Waals surface area contributed by atoms with E-state index in [-0.39, 0.29) is 5.38 Å². The zero-order chi connectivity index (χ0) is 12.5. The Bertz CT molecular complexity index is 434. The molecule has 2 rings (SSSR count). The molecular weight excluding hydrogens is 296 g/mol. The number of allylic oxidation sites excluding steroid dienone is 2. The third kappa shape index (κ3) is 3.59. The van der Waals surface area contributed by atoms with Gasteiger partial charge in [-0.1, -0.05) is 59.6 Å². The Morgan fingerprint density at radius 3 is 2.71 bits per heavy atom. The molecule has 0 spiro atoms. The molecule has 0 saturated carbocycles. The maximum Gasteiger partial charge on any atom is 0.0523 e. The molecule has 1 aliphatic carbocycles. The average Bonchev–Trinajstić information content (AvgIpc) is 2.18. The second kappa shape index (κ2) is 5.16. The van der Waals surface area contributed by atoms with E-state index in [4.69, 9.17) is 11.6 Å². The Kier molecular flexibility index (Phi) is 3.99. The van der Waals surface area contributed by atoms with Gasteiger partial charge in [0.25, 0.3) is 0 Å². The lowest BCUT2D eigenvalue weighted by Crippen LogP contribution is -2.22. The normalized spacial score (nSPS) is 23.3. The van der Waals surface area contributed by atoms with Crippen molar-refractivity contribution in [2.45, 2.75) is 38.5 Å². The lowest BCUT2D eigenvalue weighted by atomic mass is 9.76. The maximum atomic E-state index is 6.31. The van der Waals surface area contributed by atoms with E-state index in [1.54, 1.807) is 0 Å². The van der Waals surface area contributed by atoms with Crippen molar-refractivity contribution in [1.82, 2.24) is 0 Å². The molecule has 1 aromatic rings. The van der Waals surface area contributed by atoms with Gasteiger partial charge in [0.2, 0.25) is 0 Å². The number of hydrogen-bond donors (Lipinski definition) is 0. The fourth-order valence-electron chi connectivity index (χ4n) is 2.60. The van der Waals surface area contributed by atoms with Crippen LogP contribution >= 0.6 is 27.5 Å². The largest absolute Gasteiger partial charge is 0.118 e. The molecule has 0 heterocycles. The van der Waals surface area contributed by atoms with Crippen molar-refractivity contribution in [3.63, 3.8) is 0 Å². The van der Waals surface area contributed by atoms with Crippen molar-refractivity contribution < 1.29 is 0 Å². The first-order valence-corrected chi connectivity index (χ1v) is 7.26. The topological polar surface area (TPSA) is 0 Å². The molecular formula is C15H18BrCl. The number of hydrogen-bond acceptors (Lipinski definition) is 0. The third-order valence-electron chi connectivity index (χ3n) is 3.25. The second-order valence-corrected chi connectivity index (χ2v) is 7.07. The van der Waals surface area contributed by atoms with E-state index in [0.717, 1.165) is 19.3 Å². The molecule has 0 N–H and O–H groups in total. The van der Waals surface area contributed by atoms with Gasteiger partial charge >= 0.3 is 0 Å². The van der Waals surface area contributed by atoms with Gasteiger partial charge in [0.1, 0.15) is 0 Å². The van der Waals surface area contributed by atoms with Gasteiger partial charge in [0, 0.05) is 4.47 Å². The molecule has 1 aromatic carbocycles. The van der Waals surface area contributed by atoms with Gasteiger partial charge in [-0.2, -0.15) is 0 Å². The van der Waals surface area contributed by atoms with Gasteiger partial charge < -0.3 is 0 Å². The smallest absolute Gasteiger partial charge is 0.0523 e. The molecule has 0 aromatic heterocycles. The second-order valence-electron chi connectivity index (χ2n) is 5.65. The molecule has 0 fully saturated rings. The summed E-state index contributed by atoms with van der Waals surface area (Å²) in [7, 11) is 0. The van der Waals surface area contributed by atoms with Crippen LogP contribution in [0.3, 0.4) is 0 Å². The van der Waals surface area contributed by atoms with Crippen molar-refractivity contribution >= 4 is 27.5 Å². The van der Waals surface area contributed by atoms with Crippen molar-refractivity contribution in [2.24, 2.45) is 5.41 Å². The summed E-state index contributed by atoms with van der Waals surface area (Å²) in [5.74, 6) is 0. The van der Waals surface area contributed by atoms with Crippen LogP contribution in [-0.2, 0) is 6.42 Å². The van der Waals surface area contributed by atoms with E-state index >= 15 is 0 Å². The molecule has 2 heteroatoms. The van der Waals surface area contributed by atoms with Crippen LogP contribution in [0.4, 0.5) is 0 Å². The van der Waals surface area contributed by atoms with Crippen molar-refractivity contribution in [3.05, 3.63) is 46.0 Å². The van der Waals surface area contributed by atoms with Gasteiger partial charge in [-0.15, -0.1) is 11.6 Å². The van der Waals surface area contributed by atoms with Crippen molar-refractivity contribution in [2.75, 3.05) is 0 Å². The fourth-order valence-corrected chi connectivity index (χ4v) is 3.62. The SMILES string of the molecule is CC1(C)CC(Cc2ccccc2Br)=CC(Cl)C1. The molecule has 1 atom stereocenters. The Morgan fingerprint density at radius 2 is 2.06 bits per heavy atom. The lowest BCUT2D eigenvalue weighted by molar-refractivity contribution is 0.320. The molecule has 1 unspecified atom stereocenters. The Labute approximate surface area is 117 Å². The minimum absolute atomic E-state index is 0.191. The van der Waals surface area contributed by atoms with Crippen LogP contribution in [0.2, 0.25) is 0 Å². The highest BCUT2D eigenvalue weighted by molar-refractivity contribution is 9.10. The van der Waals surface area contributed by atoms with E-state index in [0.29, 0.717) is 5.41 Å². The van der Waals surface area contributed by atoms with Crippen LogP contribution in [-0.4, -0.2) is 5.38 Å². The number of benzene rings is 1. The predicted molar refractivity (Wildman–Crippen MR) is 78.6 cm³/mol. The fraction of sp³-hybridized carbons (Fsp3) is 0.467. The minimum atomic E-state index is 0.191. The molecule has 17 heavy (non-hydrogen) atoms. The zero-order valence-electron chi connectivity index (χ0n) is 10.3. The summed E-state index contributed by atoms with van der Waals surface area (Å²) in [4.78, 5) is 0. The van der Waals surface area contributed by atoms with Gasteiger partial charge in [0.15, 0.2) is 0 Å². The lowest BCUT2D eigenvalue weighted by Gasteiger charge is -2.32.